The molecule has 0 saturated heterocycles. The Hall–Kier alpha value is -0.0400. The van der Waals surface area contributed by atoms with Gasteiger partial charge in [0.2, 0.25) is 0 Å². The summed E-state index contributed by atoms with van der Waals surface area (Å²) in [6.45, 7) is 10.3. The fraction of sp³-hybridized carbons (Fsp3) is 1.00. The molecule has 0 bridgehead atoms. The standard InChI is InChI=1S/C40H82O/c1-5-9-13-17-21-23-25-27-31-35-39-41-40(36-32-28-19-15-11-7-3,37-33-29-20-16-12-8-4)38-34-30-26-24-22-18-14-10-6-2/h5-39H2,1-4H3. The van der Waals surface area contributed by atoms with Crippen molar-refractivity contribution in [1.29, 1.82) is 0 Å². The van der Waals surface area contributed by atoms with Crippen molar-refractivity contribution in [1.82, 2.24) is 0 Å². The maximum atomic E-state index is 7.03. The van der Waals surface area contributed by atoms with Crippen LogP contribution in [0.3, 0.4) is 0 Å². The normalized spacial score (nSPS) is 12.0. The minimum atomic E-state index is 0.177. The fourth-order valence-corrected chi connectivity index (χ4v) is 6.68. The quantitative estimate of drug-likeness (QED) is 0.0672. The van der Waals surface area contributed by atoms with Crippen molar-refractivity contribution in [2.45, 2.75) is 252 Å². The highest BCUT2D eigenvalue weighted by Crippen LogP contribution is 2.33. The van der Waals surface area contributed by atoms with Crippen molar-refractivity contribution in [3.63, 3.8) is 0 Å². The van der Waals surface area contributed by atoms with E-state index < -0.39 is 0 Å². The van der Waals surface area contributed by atoms with Gasteiger partial charge in [0.25, 0.3) is 0 Å². The van der Waals surface area contributed by atoms with Crippen LogP contribution >= 0.6 is 0 Å². The molecule has 0 fully saturated rings. The van der Waals surface area contributed by atoms with Crippen LogP contribution in [-0.4, -0.2) is 12.2 Å². The molecule has 0 spiro atoms. The van der Waals surface area contributed by atoms with Gasteiger partial charge in [0.1, 0.15) is 0 Å². The lowest BCUT2D eigenvalue weighted by Gasteiger charge is -2.35. The first-order chi connectivity index (χ1) is 20.2. The molecule has 0 saturated carbocycles. The minimum Gasteiger partial charge on any atom is -0.375 e. The van der Waals surface area contributed by atoms with E-state index in [1.165, 1.54) is 218 Å². The second-order valence-corrected chi connectivity index (χ2v) is 13.8. The molecule has 0 aliphatic carbocycles. The van der Waals surface area contributed by atoms with Gasteiger partial charge in [-0.25, -0.2) is 0 Å². The number of rotatable bonds is 36. The zero-order valence-corrected chi connectivity index (χ0v) is 29.7. The SMILES string of the molecule is CCCCCCCCCCCCOC(CCCCCCCC)(CCCCCCCC)CCCCCCCCCCC. The first kappa shape index (κ1) is 41.0. The second-order valence-electron chi connectivity index (χ2n) is 13.8. The number of hydrogen-bond acceptors (Lipinski definition) is 1. The van der Waals surface area contributed by atoms with Crippen molar-refractivity contribution >= 4 is 0 Å². The number of hydrogen-bond donors (Lipinski definition) is 0. The van der Waals surface area contributed by atoms with Crippen LogP contribution < -0.4 is 0 Å². The summed E-state index contributed by atoms with van der Waals surface area (Å²) < 4.78 is 7.03. The van der Waals surface area contributed by atoms with Crippen molar-refractivity contribution in [2.75, 3.05) is 6.61 Å². The topological polar surface area (TPSA) is 9.23 Å². The van der Waals surface area contributed by atoms with Gasteiger partial charge in [0, 0.05) is 6.61 Å². The van der Waals surface area contributed by atoms with Crippen LogP contribution in [0.5, 0.6) is 0 Å². The molecule has 0 aliphatic heterocycles. The lowest BCUT2D eigenvalue weighted by molar-refractivity contribution is -0.0694. The predicted octanol–water partition coefficient (Wildman–Crippen LogP) is 15.1. The fourth-order valence-electron chi connectivity index (χ4n) is 6.68. The Kier molecular flexibility index (Phi) is 34.4. The van der Waals surface area contributed by atoms with Gasteiger partial charge < -0.3 is 4.74 Å². The molecule has 0 aromatic rings. The van der Waals surface area contributed by atoms with E-state index in [2.05, 4.69) is 27.7 Å². The summed E-state index contributed by atoms with van der Waals surface area (Å²) in [4.78, 5) is 0. The molecule has 0 aliphatic rings. The molecule has 41 heavy (non-hydrogen) atoms. The minimum absolute atomic E-state index is 0.177. The van der Waals surface area contributed by atoms with E-state index in [0.29, 0.717) is 0 Å². The molecule has 0 amide bonds. The van der Waals surface area contributed by atoms with Crippen LogP contribution in [0.1, 0.15) is 246 Å². The Labute approximate surface area is 262 Å². The molecule has 0 heterocycles. The first-order valence-corrected chi connectivity index (χ1v) is 19.9. The molecule has 0 aromatic heterocycles. The second kappa shape index (κ2) is 34.5. The third-order valence-electron chi connectivity index (χ3n) is 9.61. The zero-order chi connectivity index (χ0) is 30.0. The molecule has 0 aromatic carbocycles. The van der Waals surface area contributed by atoms with Crippen molar-refractivity contribution < 1.29 is 4.74 Å². The molecular weight excluding hydrogens is 496 g/mol. The van der Waals surface area contributed by atoms with Crippen molar-refractivity contribution in [3.05, 3.63) is 0 Å². The van der Waals surface area contributed by atoms with Gasteiger partial charge in [-0.05, 0) is 25.7 Å². The average molecular weight is 579 g/mol. The van der Waals surface area contributed by atoms with Crippen LogP contribution in [0.15, 0.2) is 0 Å². The summed E-state index contributed by atoms with van der Waals surface area (Å²) in [5, 5.41) is 0. The van der Waals surface area contributed by atoms with E-state index in [4.69, 9.17) is 4.74 Å². The molecule has 0 rings (SSSR count). The van der Waals surface area contributed by atoms with Crippen LogP contribution in [0, 0.1) is 0 Å². The van der Waals surface area contributed by atoms with Gasteiger partial charge >= 0.3 is 0 Å². The number of ether oxygens (including phenoxy) is 1. The molecule has 1 nitrogen and oxygen atoms in total. The van der Waals surface area contributed by atoms with E-state index in [1.807, 2.05) is 0 Å². The first-order valence-electron chi connectivity index (χ1n) is 19.9. The molecule has 0 unspecified atom stereocenters. The van der Waals surface area contributed by atoms with Crippen LogP contribution in [0.4, 0.5) is 0 Å². The summed E-state index contributed by atoms with van der Waals surface area (Å²) in [7, 11) is 0. The summed E-state index contributed by atoms with van der Waals surface area (Å²) in [6.07, 6.45) is 47.7. The van der Waals surface area contributed by atoms with Gasteiger partial charge in [-0.3, -0.25) is 0 Å². The van der Waals surface area contributed by atoms with Crippen LogP contribution in [0.2, 0.25) is 0 Å². The Morgan fingerprint density at radius 1 is 0.268 bits per heavy atom. The largest absolute Gasteiger partial charge is 0.375 e. The van der Waals surface area contributed by atoms with E-state index in [0.717, 1.165) is 6.61 Å². The number of unbranched alkanes of at least 4 members (excludes halogenated alkanes) is 27. The highest BCUT2D eigenvalue weighted by molar-refractivity contribution is 4.81. The Morgan fingerprint density at radius 2 is 0.488 bits per heavy atom. The monoisotopic (exact) mass is 579 g/mol. The molecule has 0 radical (unpaired) electrons. The Morgan fingerprint density at radius 3 is 0.756 bits per heavy atom. The van der Waals surface area contributed by atoms with E-state index in [9.17, 15) is 0 Å². The van der Waals surface area contributed by atoms with Gasteiger partial charge in [0.05, 0.1) is 5.60 Å². The third-order valence-corrected chi connectivity index (χ3v) is 9.61. The van der Waals surface area contributed by atoms with Gasteiger partial charge in [-0.1, -0.05) is 220 Å². The smallest absolute Gasteiger partial charge is 0.0682 e. The maximum absolute atomic E-state index is 7.03. The maximum Gasteiger partial charge on any atom is 0.0682 e. The van der Waals surface area contributed by atoms with E-state index >= 15 is 0 Å². The Bertz CT molecular complexity index is 442. The lowest BCUT2D eigenvalue weighted by atomic mass is 9.84. The molecule has 1 heteroatoms. The van der Waals surface area contributed by atoms with Crippen molar-refractivity contribution in [3.8, 4) is 0 Å². The summed E-state index contributed by atoms with van der Waals surface area (Å²) in [6, 6.07) is 0. The molecule has 248 valence electrons. The zero-order valence-electron chi connectivity index (χ0n) is 29.7. The summed E-state index contributed by atoms with van der Waals surface area (Å²) >= 11 is 0. The Balaban J connectivity index is 4.70. The van der Waals surface area contributed by atoms with Crippen LogP contribution in [0.25, 0.3) is 0 Å². The molecular formula is C40H82O. The van der Waals surface area contributed by atoms with Crippen LogP contribution in [-0.2, 0) is 4.74 Å². The van der Waals surface area contributed by atoms with E-state index in [-0.39, 0.29) is 5.60 Å². The lowest BCUT2D eigenvalue weighted by Crippen LogP contribution is -2.33. The average Bonchev–Trinajstić information content (AvgIpc) is 2.98. The highest BCUT2D eigenvalue weighted by Gasteiger charge is 2.29. The predicted molar refractivity (Wildman–Crippen MR) is 188 cm³/mol. The summed E-state index contributed by atoms with van der Waals surface area (Å²) in [5.41, 5.74) is 0.177. The van der Waals surface area contributed by atoms with Gasteiger partial charge in [-0.15, -0.1) is 0 Å². The highest BCUT2D eigenvalue weighted by atomic mass is 16.5. The van der Waals surface area contributed by atoms with Gasteiger partial charge in [-0.2, -0.15) is 0 Å². The van der Waals surface area contributed by atoms with E-state index in [1.54, 1.807) is 0 Å². The summed E-state index contributed by atoms with van der Waals surface area (Å²) in [5.74, 6) is 0. The van der Waals surface area contributed by atoms with Gasteiger partial charge in [0.15, 0.2) is 0 Å². The molecule has 0 N–H and O–H groups in total. The third kappa shape index (κ3) is 29.8. The molecule has 0 atom stereocenters. The van der Waals surface area contributed by atoms with Crippen molar-refractivity contribution in [2.24, 2.45) is 0 Å².